The van der Waals surface area contributed by atoms with Crippen LogP contribution in [0.5, 0.6) is 0 Å². The van der Waals surface area contributed by atoms with E-state index in [2.05, 4.69) is 21.2 Å². The van der Waals surface area contributed by atoms with Gasteiger partial charge in [-0.25, -0.2) is 12.8 Å². The van der Waals surface area contributed by atoms with E-state index in [-0.39, 0.29) is 28.7 Å². The van der Waals surface area contributed by atoms with Crippen LogP contribution in [0.1, 0.15) is 31.9 Å². The molecule has 3 aromatic carbocycles. The summed E-state index contributed by atoms with van der Waals surface area (Å²) in [5, 5.41) is 2.77. The van der Waals surface area contributed by atoms with Gasteiger partial charge in [0.1, 0.15) is 18.4 Å². The third-order valence-electron chi connectivity index (χ3n) is 5.88. The quantitative estimate of drug-likeness (QED) is 0.352. The first-order valence-electron chi connectivity index (χ1n) is 12.1. The normalized spacial score (nSPS) is 12.2. The lowest BCUT2D eigenvalue weighted by Gasteiger charge is -2.32. The van der Waals surface area contributed by atoms with Crippen LogP contribution in [0.15, 0.2) is 82.2 Å². The van der Waals surface area contributed by atoms with Gasteiger partial charge in [0.25, 0.3) is 10.0 Å². The summed E-state index contributed by atoms with van der Waals surface area (Å²) in [5.41, 5.74) is 1.36. The number of halogens is 2. The Kier molecular flexibility index (Phi) is 9.67. The number of amides is 2. The second-order valence-electron chi connectivity index (χ2n) is 9.26. The van der Waals surface area contributed by atoms with E-state index in [0.717, 1.165) is 9.87 Å². The summed E-state index contributed by atoms with van der Waals surface area (Å²) >= 11 is 3.36. The SMILES string of the molecule is Cc1ccc(S(=O)(=O)N(CC(=O)N(Cc2ccccc2F)C(C)C(=O)NC(C)C)c2cccc(Br)c2)cc1. The Hall–Kier alpha value is -3.24. The third-order valence-corrected chi connectivity index (χ3v) is 8.16. The van der Waals surface area contributed by atoms with E-state index < -0.39 is 40.2 Å². The highest BCUT2D eigenvalue weighted by Crippen LogP contribution is 2.27. The van der Waals surface area contributed by atoms with Crippen molar-refractivity contribution in [2.24, 2.45) is 0 Å². The van der Waals surface area contributed by atoms with Crippen molar-refractivity contribution in [2.45, 2.75) is 51.2 Å². The number of rotatable bonds is 10. The fraction of sp³-hybridized carbons (Fsp3) is 0.286. The maximum atomic E-state index is 14.6. The van der Waals surface area contributed by atoms with Crippen LogP contribution < -0.4 is 9.62 Å². The highest BCUT2D eigenvalue weighted by atomic mass is 79.9. The lowest BCUT2D eigenvalue weighted by atomic mass is 10.1. The number of aryl methyl sites for hydroxylation is 1. The highest BCUT2D eigenvalue weighted by molar-refractivity contribution is 9.10. The fourth-order valence-electron chi connectivity index (χ4n) is 3.80. The summed E-state index contributed by atoms with van der Waals surface area (Å²) in [6.45, 7) is 6.15. The van der Waals surface area contributed by atoms with Crippen LogP contribution in [0.4, 0.5) is 10.1 Å². The van der Waals surface area contributed by atoms with E-state index in [4.69, 9.17) is 0 Å². The number of nitrogens with one attached hydrogen (secondary N) is 1. The van der Waals surface area contributed by atoms with E-state index in [1.54, 1.807) is 56.3 Å². The number of nitrogens with zero attached hydrogens (tertiary/aromatic N) is 2. The van der Waals surface area contributed by atoms with Crippen molar-refractivity contribution in [1.29, 1.82) is 0 Å². The van der Waals surface area contributed by atoms with E-state index in [9.17, 15) is 22.4 Å². The van der Waals surface area contributed by atoms with Gasteiger partial charge in [-0.05, 0) is 64.1 Å². The van der Waals surface area contributed by atoms with Gasteiger partial charge in [-0.1, -0.05) is 57.9 Å². The Morgan fingerprint density at radius 1 is 0.974 bits per heavy atom. The first kappa shape index (κ1) is 29.3. The first-order valence-corrected chi connectivity index (χ1v) is 14.3. The fourth-order valence-corrected chi connectivity index (χ4v) is 5.59. The van der Waals surface area contributed by atoms with Gasteiger partial charge in [-0.15, -0.1) is 0 Å². The molecule has 0 aliphatic carbocycles. The Morgan fingerprint density at radius 2 is 1.63 bits per heavy atom. The molecule has 3 rings (SSSR count). The zero-order chi connectivity index (χ0) is 28.0. The maximum absolute atomic E-state index is 14.6. The topological polar surface area (TPSA) is 86.8 Å². The molecular weight excluding hydrogens is 573 g/mol. The molecule has 0 radical (unpaired) electrons. The molecule has 0 spiro atoms. The van der Waals surface area contributed by atoms with E-state index in [0.29, 0.717) is 4.47 Å². The van der Waals surface area contributed by atoms with Gasteiger partial charge in [-0.3, -0.25) is 13.9 Å². The molecule has 0 aliphatic rings. The average molecular weight is 605 g/mol. The number of hydrogen-bond donors (Lipinski definition) is 1. The van der Waals surface area contributed by atoms with Crippen molar-refractivity contribution in [1.82, 2.24) is 10.2 Å². The zero-order valence-electron chi connectivity index (χ0n) is 21.7. The van der Waals surface area contributed by atoms with Crippen molar-refractivity contribution in [2.75, 3.05) is 10.8 Å². The van der Waals surface area contributed by atoms with Crippen LogP contribution in [-0.2, 0) is 26.2 Å². The summed E-state index contributed by atoms with van der Waals surface area (Å²) in [7, 11) is -4.17. The Bertz CT molecular complexity index is 1400. The van der Waals surface area contributed by atoms with Crippen LogP contribution in [-0.4, -0.2) is 43.8 Å². The summed E-state index contributed by atoms with van der Waals surface area (Å²) in [6, 6.07) is 17.7. The van der Waals surface area contributed by atoms with Crippen molar-refractivity contribution in [3.8, 4) is 0 Å². The second kappa shape index (κ2) is 12.5. The van der Waals surface area contributed by atoms with Crippen LogP contribution in [0.25, 0.3) is 0 Å². The molecule has 0 bridgehead atoms. The number of carbonyl (C=O) groups excluding carboxylic acids is 2. The standard InChI is InChI=1S/C28H31BrFN3O4S/c1-19(2)31-28(35)21(4)32(17-22-8-5-6-11-26(22)30)27(34)18-33(24-10-7-9-23(29)16-24)38(36,37)25-14-12-20(3)13-15-25/h5-16,19,21H,17-18H2,1-4H3,(H,31,35). The van der Waals surface area contributed by atoms with Crippen molar-refractivity contribution < 1.29 is 22.4 Å². The van der Waals surface area contributed by atoms with Crippen molar-refractivity contribution >= 4 is 43.5 Å². The summed E-state index contributed by atoms with van der Waals surface area (Å²) in [6.07, 6.45) is 0. The number of hydrogen-bond acceptors (Lipinski definition) is 4. The lowest BCUT2D eigenvalue weighted by molar-refractivity contribution is -0.139. The second-order valence-corrected chi connectivity index (χ2v) is 12.0. The largest absolute Gasteiger partial charge is 0.352 e. The van der Waals surface area contributed by atoms with Crippen LogP contribution >= 0.6 is 15.9 Å². The van der Waals surface area contributed by atoms with Crippen LogP contribution in [0.3, 0.4) is 0 Å². The lowest BCUT2D eigenvalue weighted by Crippen LogP contribution is -2.52. The van der Waals surface area contributed by atoms with Gasteiger partial charge in [0, 0.05) is 22.6 Å². The number of anilines is 1. The molecule has 3 aromatic rings. The van der Waals surface area contributed by atoms with Gasteiger partial charge in [0.2, 0.25) is 11.8 Å². The number of sulfonamides is 1. The number of carbonyl (C=O) groups is 2. The summed E-state index contributed by atoms with van der Waals surface area (Å²) in [4.78, 5) is 27.9. The minimum absolute atomic E-state index is 0.0159. The molecule has 7 nitrogen and oxygen atoms in total. The molecule has 0 saturated carbocycles. The van der Waals surface area contributed by atoms with E-state index in [1.807, 2.05) is 6.92 Å². The zero-order valence-corrected chi connectivity index (χ0v) is 24.1. The predicted octanol–water partition coefficient (Wildman–Crippen LogP) is 5.03. The highest BCUT2D eigenvalue weighted by Gasteiger charge is 2.33. The van der Waals surface area contributed by atoms with Gasteiger partial charge >= 0.3 is 0 Å². The molecule has 1 unspecified atom stereocenters. The van der Waals surface area contributed by atoms with Crippen molar-refractivity contribution in [3.05, 3.63) is 94.2 Å². The molecule has 38 heavy (non-hydrogen) atoms. The molecule has 1 N–H and O–H groups in total. The van der Waals surface area contributed by atoms with Gasteiger partial charge in [0.05, 0.1) is 10.6 Å². The molecule has 0 fully saturated rings. The molecular formula is C28H31BrFN3O4S. The minimum atomic E-state index is -4.17. The minimum Gasteiger partial charge on any atom is -0.352 e. The molecule has 10 heteroatoms. The molecule has 0 saturated heterocycles. The maximum Gasteiger partial charge on any atom is 0.264 e. The van der Waals surface area contributed by atoms with Gasteiger partial charge in [-0.2, -0.15) is 0 Å². The van der Waals surface area contributed by atoms with Gasteiger partial charge < -0.3 is 10.2 Å². The van der Waals surface area contributed by atoms with Crippen LogP contribution in [0, 0.1) is 12.7 Å². The molecule has 0 aromatic heterocycles. The van der Waals surface area contributed by atoms with E-state index in [1.165, 1.54) is 42.2 Å². The number of benzene rings is 3. The monoisotopic (exact) mass is 603 g/mol. The smallest absolute Gasteiger partial charge is 0.264 e. The van der Waals surface area contributed by atoms with Crippen LogP contribution in [0.2, 0.25) is 0 Å². The third kappa shape index (κ3) is 7.20. The molecule has 0 aliphatic heterocycles. The Balaban J connectivity index is 2.04. The first-order chi connectivity index (χ1) is 17.9. The molecule has 2 amide bonds. The summed E-state index contributed by atoms with van der Waals surface area (Å²) in [5.74, 6) is -1.62. The Labute approximate surface area is 231 Å². The van der Waals surface area contributed by atoms with Crippen molar-refractivity contribution in [3.63, 3.8) is 0 Å². The molecule has 1 atom stereocenters. The van der Waals surface area contributed by atoms with Gasteiger partial charge in [0.15, 0.2) is 0 Å². The summed E-state index contributed by atoms with van der Waals surface area (Å²) < 4.78 is 43.7. The molecule has 202 valence electrons. The van der Waals surface area contributed by atoms with E-state index >= 15 is 0 Å². The molecule has 0 heterocycles. The average Bonchev–Trinajstić information content (AvgIpc) is 2.86. The Morgan fingerprint density at radius 3 is 2.24 bits per heavy atom. The predicted molar refractivity (Wildman–Crippen MR) is 150 cm³/mol.